The first-order valence-electron chi connectivity index (χ1n) is 19.7. The molecule has 2 aromatic carbocycles. The topological polar surface area (TPSA) is 162 Å². The Bertz CT molecular complexity index is 2320. The lowest BCUT2D eigenvalue weighted by Crippen LogP contribution is -2.50. The van der Waals surface area contributed by atoms with Crippen LogP contribution in [-0.4, -0.2) is 92.4 Å². The van der Waals surface area contributed by atoms with Crippen LogP contribution in [0.25, 0.3) is 16.8 Å². The highest BCUT2D eigenvalue weighted by molar-refractivity contribution is 6.34. The maximum Gasteiger partial charge on any atom is 0.573 e. The second-order valence-corrected chi connectivity index (χ2v) is 17.3. The summed E-state index contributed by atoms with van der Waals surface area (Å²) in [6.07, 6.45) is -17.0. The van der Waals surface area contributed by atoms with E-state index < -0.39 is 106 Å². The van der Waals surface area contributed by atoms with Crippen molar-refractivity contribution in [2.75, 3.05) is 6.73 Å². The summed E-state index contributed by atoms with van der Waals surface area (Å²) in [4.78, 5) is 39.4. The average Bonchev–Trinajstić information content (AvgIpc) is 3.82. The minimum atomic E-state index is -6.71. The summed E-state index contributed by atoms with van der Waals surface area (Å²) in [7, 11) is 0. The standard InChI is InChI=1S/C41H40Cl2F10N4O9/c1-35(2,3)66-32(59)12-11-31(58)63-25-6-8-26(9-7-25)64-36(4,61)62-21-56(37(20-54)13-14-37)34(60)27-15-22(5-10-28(27)42)23-18-55-57(19-23)33-29(43)16-24(17-30(33)65-41(51,52)53)38(44,39(45,46)47)40(48,49)50/h5,10,15-19,25-26,61H,6-9,11-14,21H2,1-4H3. The third-order valence-corrected chi connectivity index (χ3v) is 10.8. The number of carbonyl (C=O) groups is 3. The van der Waals surface area contributed by atoms with Crippen molar-refractivity contribution in [3.8, 4) is 28.6 Å². The van der Waals surface area contributed by atoms with Gasteiger partial charge in [-0.25, -0.2) is 9.07 Å². The van der Waals surface area contributed by atoms with E-state index in [1.54, 1.807) is 20.8 Å². The molecular weight excluding hydrogens is 953 g/mol. The van der Waals surface area contributed by atoms with Crippen molar-refractivity contribution < 1.29 is 87.1 Å². The van der Waals surface area contributed by atoms with Gasteiger partial charge in [-0.3, -0.25) is 19.3 Å². The van der Waals surface area contributed by atoms with E-state index >= 15 is 0 Å². The van der Waals surface area contributed by atoms with Gasteiger partial charge in [0.2, 0.25) is 0 Å². The molecule has 1 aromatic heterocycles. The summed E-state index contributed by atoms with van der Waals surface area (Å²) in [5, 5.41) is 23.5. The van der Waals surface area contributed by atoms with E-state index in [1.165, 1.54) is 18.2 Å². The predicted molar refractivity (Wildman–Crippen MR) is 209 cm³/mol. The van der Waals surface area contributed by atoms with Crippen LogP contribution in [-0.2, 0) is 34.2 Å². The van der Waals surface area contributed by atoms with Crippen molar-refractivity contribution in [2.45, 2.75) is 133 Å². The number of hydrogen-bond donors (Lipinski definition) is 1. The van der Waals surface area contributed by atoms with Crippen molar-refractivity contribution >= 4 is 41.0 Å². The molecule has 66 heavy (non-hydrogen) atoms. The molecule has 0 saturated heterocycles. The number of carbonyl (C=O) groups excluding carboxylic acids is 3. The summed E-state index contributed by atoms with van der Waals surface area (Å²) in [5.74, 6) is -6.15. The summed E-state index contributed by atoms with van der Waals surface area (Å²) >= 11 is 12.4. The lowest BCUT2D eigenvalue weighted by molar-refractivity contribution is -0.374. The number of aliphatic hydroxyl groups is 1. The minimum Gasteiger partial charge on any atom is -0.462 e. The van der Waals surface area contributed by atoms with Crippen molar-refractivity contribution in [1.82, 2.24) is 14.7 Å². The summed E-state index contributed by atoms with van der Waals surface area (Å²) in [5.41, 5.74) is -12.0. The molecule has 5 rings (SSSR count). The van der Waals surface area contributed by atoms with E-state index in [0.29, 0.717) is 30.4 Å². The lowest BCUT2D eigenvalue weighted by atomic mass is 9.93. The molecule has 0 bridgehead atoms. The Morgan fingerprint density at radius 2 is 1.45 bits per heavy atom. The number of aromatic nitrogens is 2. The zero-order chi connectivity index (χ0) is 49.4. The molecule has 2 aliphatic carbocycles. The normalized spacial score (nSPS) is 18.7. The summed E-state index contributed by atoms with van der Waals surface area (Å²) in [6.45, 7) is 5.52. The van der Waals surface area contributed by atoms with Crippen LogP contribution in [0.3, 0.4) is 0 Å². The van der Waals surface area contributed by atoms with Gasteiger partial charge in [0, 0.05) is 24.2 Å². The number of ether oxygens (including phenoxy) is 5. The zero-order valence-corrected chi connectivity index (χ0v) is 36.6. The van der Waals surface area contributed by atoms with Crippen LogP contribution in [0.2, 0.25) is 10.0 Å². The van der Waals surface area contributed by atoms with Gasteiger partial charge in [0.05, 0.1) is 46.8 Å². The number of rotatable bonds is 15. The number of amides is 1. The molecule has 0 aliphatic heterocycles. The molecule has 1 atom stereocenters. The lowest BCUT2D eigenvalue weighted by Gasteiger charge is -2.35. The maximum atomic E-state index is 14.9. The zero-order valence-electron chi connectivity index (χ0n) is 35.1. The van der Waals surface area contributed by atoms with Crippen LogP contribution >= 0.6 is 23.2 Å². The van der Waals surface area contributed by atoms with Gasteiger partial charge in [-0.1, -0.05) is 29.3 Å². The van der Waals surface area contributed by atoms with Crippen LogP contribution < -0.4 is 4.74 Å². The molecule has 0 spiro atoms. The monoisotopic (exact) mass is 992 g/mol. The fourth-order valence-electron chi connectivity index (χ4n) is 6.87. The molecule has 1 heterocycles. The first-order chi connectivity index (χ1) is 30.3. The Hall–Kier alpha value is -4.89. The Balaban J connectivity index is 1.31. The molecule has 1 unspecified atom stereocenters. The fourth-order valence-corrected chi connectivity index (χ4v) is 7.36. The van der Waals surface area contributed by atoms with Crippen LogP contribution in [0.4, 0.5) is 43.9 Å². The van der Waals surface area contributed by atoms with Crippen molar-refractivity contribution in [1.29, 1.82) is 5.26 Å². The number of hydrogen-bond acceptors (Lipinski definition) is 11. The molecule has 3 aromatic rings. The molecule has 1 N–H and O–H groups in total. The largest absolute Gasteiger partial charge is 0.573 e. The number of nitriles is 1. The van der Waals surface area contributed by atoms with Crippen LogP contribution in [0, 0.1) is 11.3 Å². The quantitative estimate of drug-likeness (QED) is 0.0876. The van der Waals surface area contributed by atoms with Gasteiger partial charge in [0.1, 0.15) is 29.7 Å². The van der Waals surface area contributed by atoms with Gasteiger partial charge in [0.25, 0.3) is 11.9 Å². The Labute approximate surface area is 379 Å². The van der Waals surface area contributed by atoms with E-state index in [9.17, 15) is 68.7 Å². The SMILES string of the molecule is CC(C)(C)OC(=O)CCC(=O)OC1CCC(OC(C)(O)OCN(C(=O)c2cc(-c3cnn(-c4c(Cl)cc(C(F)(C(F)(F)F)C(F)(F)F)cc4OC(F)(F)F)c3)ccc2Cl)C2(C#N)CC2)CC1. The molecule has 2 fully saturated rings. The Morgan fingerprint density at radius 1 is 0.864 bits per heavy atom. The molecule has 1 amide bonds. The Kier molecular flexibility index (Phi) is 15.0. The van der Waals surface area contributed by atoms with E-state index in [4.69, 9.17) is 42.1 Å². The van der Waals surface area contributed by atoms with Gasteiger partial charge in [-0.15, -0.1) is 13.2 Å². The summed E-state index contributed by atoms with van der Waals surface area (Å²) < 4.78 is 163. The highest BCUT2D eigenvalue weighted by Crippen LogP contribution is 2.55. The van der Waals surface area contributed by atoms with Gasteiger partial charge in [-0.05, 0) is 89.1 Å². The molecule has 25 heteroatoms. The van der Waals surface area contributed by atoms with Gasteiger partial charge in [0.15, 0.2) is 5.75 Å². The van der Waals surface area contributed by atoms with E-state index in [1.807, 2.05) is 6.07 Å². The highest BCUT2D eigenvalue weighted by atomic mass is 35.5. The van der Waals surface area contributed by atoms with E-state index in [0.717, 1.165) is 24.2 Å². The van der Waals surface area contributed by atoms with Crippen molar-refractivity contribution in [2.24, 2.45) is 0 Å². The molecular formula is C41H40Cl2F10N4O9. The molecule has 2 saturated carbocycles. The van der Waals surface area contributed by atoms with Gasteiger partial charge in [-0.2, -0.15) is 36.7 Å². The van der Waals surface area contributed by atoms with E-state index in [-0.39, 0.29) is 53.5 Å². The number of alkyl halides is 10. The third-order valence-electron chi connectivity index (χ3n) is 10.2. The number of halogens is 12. The summed E-state index contributed by atoms with van der Waals surface area (Å²) in [6, 6.07) is 5.10. The van der Waals surface area contributed by atoms with Crippen LogP contribution in [0.5, 0.6) is 5.75 Å². The first kappa shape index (κ1) is 52.1. The predicted octanol–water partition coefficient (Wildman–Crippen LogP) is 10.2. The Morgan fingerprint density at radius 3 is 2.00 bits per heavy atom. The van der Waals surface area contributed by atoms with Crippen LogP contribution in [0.15, 0.2) is 42.7 Å². The van der Waals surface area contributed by atoms with Crippen molar-refractivity contribution in [3.05, 3.63) is 63.9 Å². The molecule has 0 radical (unpaired) electrons. The van der Waals surface area contributed by atoms with E-state index in [2.05, 4.69) is 9.84 Å². The maximum absolute atomic E-state index is 14.9. The first-order valence-corrected chi connectivity index (χ1v) is 20.5. The van der Waals surface area contributed by atoms with Crippen molar-refractivity contribution in [3.63, 3.8) is 0 Å². The number of esters is 2. The second kappa shape index (κ2) is 19.0. The molecule has 2 aliphatic rings. The van der Waals surface area contributed by atoms with Gasteiger partial charge < -0.3 is 28.8 Å². The number of benzene rings is 2. The average molecular weight is 994 g/mol. The molecule has 13 nitrogen and oxygen atoms in total. The molecule has 362 valence electrons. The van der Waals surface area contributed by atoms with Crippen LogP contribution in [0.1, 0.15) is 95.0 Å². The third kappa shape index (κ3) is 12.4. The minimum absolute atomic E-state index is 0.0462. The van der Waals surface area contributed by atoms with Gasteiger partial charge >= 0.3 is 36.3 Å². The fraction of sp³-hybridized carbons (Fsp3) is 0.537. The second-order valence-electron chi connectivity index (χ2n) is 16.5. The number of nitrogens with zero attached hydrogens (tertiary/aromatic N) is 4. The highest BCUT2D eigenvalue weighted by Gasteiger charge is 2.73. The smallest absolute Gasteiger partial charge is 0.462 e.